The standard InChI is InChI=1S/C21H26Cl2N6O2S/c1-13(24)20(14(2)25-3)28-32(30,31)21-17(22)10-16(11-18(21)23)15-4-5-27-19(12-15)29-8-6-26-7-9-29/h4-5,10-12,26,28H,6-9,24H2,1-3H3/p+1/b20-13+,25-14?. The van der Waals surface area contributed by atoms with E-state index in [0.29, 0.717) is 17.0 Å². The number of sulfonamides is 1. The van der Waals surface area contributed by atoms with Gasteiger partial charge in [0.2, 0.25) is 0 Å². The molecular weight excluding hydrogens is 471 g/mol. The molecular formula is C21H27Cl2N6O2S+. The Labute approximate surface area is 198 Å². The summed E-state index contributed by atoms with van der Waals surface area (Å²) in [5.74, 6) is 0.848. The molecule has 1 fully saturated rings. The fraction of sp³-hybridized carbons (Fsp3) is 0.333. The van der Waals surface area contributed by atoms with Crippen molar-refractivity contribution in [2.24, 2.45) is 5.73 Å². The van der Waals surface area contributed by atoms with Gasteiger partial charge in [-0.15, -0.1) is 0 Å². The van der Waals surface area contributed by atoms with Gasteiger partial charge < -0.3 is 16.0 Å². The van der Waals surface area contributed by atoms with Gasteiger partial charge in [-0.2, -0.15) is 0 Å². The van der Waals surface area contributed by atoms with Crippen molar-refractivity contribution in [3.8, 4) is 11.1 Å². The maximum absolute atomic E-state index is 13.1. The normalized spacial score (nSPS) is 16.0. The van der Waals surface area contributed by atoms with Crippen LogP contribution in [0.4, 0.5) is 5.82 Å². The Balaban J connectivity index is 1.97. The number of halogens is 2. The first-order valence-electron chi connectivity index (χ1n) is 10.1. The van der Waals surface area contributed by atoms with Crippen molar-refractivity contribution in [1.82, 2.24) is 15.0 Å². The van der Waals surface area contributed by atoms with Crippen LogP contribution in [0.15, 0.2) is 46.8 Å². The fourth-order valence-electron chi connectivity index (χ4n) is 3.41. The van der Waals surface area contributed by atoms with E-state index in [9.17, 15) is 8.42 Å². The minimum absolute atomic E-state index is 0.0108. The molecule has 0 saturated carbocycles. The van der Waals surface area contributed by atoms with Crippen molar-refractivity contribution in [2.75, 3.05) is 38.1 Å². The summed E-state index contributed by atoms with van der Waals surface area (Å²) >= 11 is 12.9. The lowest BCUT2D eigenvalue weighted by molar-refractivity contribution is -0.419. The quantitative estimate of drug-likeness (QED) is 0.444. The Morgan fingerprint density at radius 2 is 1.78 bits per heavy atom. The lowest BCUT2D eigenvalue weighted by Gasteiger charge is -2.28. The van der Waals surface area contributed by atoms with E-state index in [2.05, 4.69) is 24.9 Å². The molecule has 0 spiro atoms. The number of nitrogens with one attached hydrogen (secondary N) is 3. The summed E-state index contributed by atoms with van der Waals surface area (Å²) in [6.45, 7) is 6.82. The number of hydrogen-bond acceptors (Lipinski definition) is 6. The minimum Gasteiger partial charge on any atom is -0.400 e. The van der Waals surface area contributed by atoms with E-state index in [1.54, 1.807) is 39.2 Å². The molecule has 0 amide bonds. The molecule has 1 aliphatic heterocycles. The molecule has 0 aliphatic carbocycles. The second-order valence-corrected chi connectivity index (χ2v) is 9.88. The molecule has 5 N–H and O–H groups in total. The van der Waals surface area contributed by atoms with Crippen LogP contribution in [0.5, 0.6) is 0 Å². The van der Waals surface area contributed by atoms with Crippen molar-refractivity contribution in [2.45, 2.75) is 18.7 Å². The van der Waals surface area contributed by atoms with Crippen LogP contribution in [0.25, 0.3) is 11.1 Å². The molecule has 1 saturated heterocycles. The fourth-order valence-corrected chi connectivity index (χ4v) is 5.82. The number of allylic oxidation sites excluding steroid dienone is 2. The van der Waals surface area contributed by atoms with Gasteiger partial charge in [0.05, 0.1) is 10.0 Å². The summed E-state index contributed by atoms with van der Waals surface area (Å²) in [5.41, 5.74) is 8.52. The first kappa shape index (κ1) is 24.3. The highest BCUT2D eigenvalue weighted by atomic mass is 35.5. The number of anilines is 1. The highest BCUT2D eigenvalue weighted by molar-refractivity contribution is 7.90. The van der Waals surface area contributed by atoms with Crippen molar-refractivity contribution in [3.05, 3.63) is 51.9 Å². The van der Waals surface area contributed by atoms with Crippen LogP contribution in [-0.4, -0.2) is 52.3 Å². The van der Waals surface area contributed by atoms with Crippen molar-refractivity contribution in [3.63, 3.8) is 0 Å². The number of hydrogen-bond donors (Lipinski definition) is 4. The van der Waals surface area contributed by atoms with E-state index < -0.39 is 10.0 Å². The summed E-state index contributed by atoms with van der Waals surface area (Å²) in [6, 6.07) is 6.96. The number of rotatable bonds is 6. The molecule has 32 heavy (non-hydrogen) atoms. The topological polar surface area (TPSA) is 114 Å². The smallest absolute Gasteiger partial charge is 0.265 e. The van der Waals surface area contributed by atoms with Gasteiger partial charge in [0.25, 0.3) is 10.0 Å². The number of nitrogens with two attached hydrogens (primary N) is 1. The maximum Gasteiger partial charge on any atom is 0.265 e. The van der Waals surface area contributed by atoms with Crippen LogP contribution in [0, 0.1) is 0 Å². The molecule has 2 aromatic rings. The average molecular weight is 498 g/mol. The molecule has 0 bridgehead atoms. The lowest BCUT2D eigenvalue weighted by Crippen LogP contribution is -2.68. The second-order valence-electron chi connectivity index (χ2n) is 7.45. The van der Waals surface area contributed by atoms with Gasteiger partial charge in [-0.3, -0.25) is 4.72 Å². The SMILES string of the molecule is C[NH+]=C(C)/C(NS(=O)(=O)c1c(Cl)cc(-c2ccnc(N3CCNCC3)c2)cc1Cl)=C(/C)N. The third kappa shape index (κ3) is 5.35. The number of piperazine rings is 1. The Morgan fingerprint density at radius 1 is 1.16 bits per heavy atom. The number of aromatic nitrogens is 1. The predicted molar refractivity (Wildman–Crippen MR) is 130 cm³/mol. The molecule has 2 heterocycles. The summed E-state index contributed by atoms with van der Waals surface area (Å²) in [4.78, 5) is 9.33. The lowest BCUT2D eigenvalue weighted by atomic mass is 10.1. The van der Waals surface area contributed by atoms with Crippen molar-refractivity contribution >= 4 is 44.8 Å². The average Bonchev–Trinajstić information content (AvgIpc) is 2.77. The Bertz CT molecular complexity index is 1150. The van der Waals surface area contributed by atoms with Gasteiger partial charge in [0.15, 0.2) is 5.71 Å². The molecule has 0 unspecified atom stereocenters. The van der Waals surface area contributed by atoms with Crippen molar-refractivity contribution in [1.29, 1.82) is 0 Å². The maximum atomic E-state index is 13.1. The number of benzene rings is 1. The van der Waals surface area contributed by atoms with Crippen LogP contribution >= 0.6 is 23.2 Å². The zero-order valence-electron chi connectivity index (χ0n) is 18.2. The molecule has 11 heteroatoms. The highest BCUT2D eigenvalue weighted by Gasteiger charge is 2.26. The van der Waals surface area contributed by atoms with E-state index in [4.69, 9.17) is 28.9 Å². The molecule has 1 aromatic heterocycles. The largest absolute Gasteiger partial charge is 0.400 e. The first-order chi connectivity index (χ1) is 15.1. The number of nitrogens with zero attached hydrogens (tertiary/aromatic N) is 2. The monoisotopic (exact) mass is 497 g/mol. The van der Waals surface area contributed by atoms with Gasteiger partial charge in [0, 0.05) is 45.0 Å². The first-order valence-corrected chi connectivity index (χ1v) is 12.3. The summed E-state index contributed by atoms with van der Waals surface area (Å²) in [7, 11) is -2.41. The Hall–Kier alpha value is -2.33. The third-order valence-electron chi connectivity index (χ3n) is 5.17. The summed E-state index contributed by atoms with van der Waals surface area (Å²) in [6.07, 6.45) is 1.72. The van der Waals surface area contributed by atoms with E-state index >= 15 is 0 Å². The van der Waals surface area contributed by atoms with E-state index in [0.717, 1.165) is 37.6 Å². The summed E-state index contributed by atoms with van der Waals surface area (Å²) in [5, 5.41) is 3.33. The van der Waals surface area contributed by atoms with Gasteiger partial charge in [-0.1, -0.05) is 23.2 Å². The van der Waals surface area contributed by atoms with Gasteiger partial charge >= 0.3 is 0 Å². The molecule has 1 aliphatic rings. The van der Waals surface area contributed by atoms with Crippen LogP contribution in [-0.2, 0) is 10.0 Å². The molecule has 0 radical (unpaired) electrons. The molecule has 172 valence electrons. The molecule has 0 atom stereocenters. The predicted octanol–water partition coefficient (Wildman–Crippen LogP) is 1.10. The van der Waals surface area contributed by atoms with Crippen LogP contribution in [0.2, 0.25) is 10.0 Å². The zero-order valence-corrected chi connectivity index (χ0v) is 20.5. The summed E-state index contributed by atoms with van der Waals surface area (Å²) < 4.78 is 28.7. The van der Waals surface area contributed by atoms with Crippen LogP contribution < -0.4 is 25.7 Å². The van der Waals surface area contributed by atoms with Gasteiger partial charge in [-0.25, -0.2) is 18.4 Å². The van der Waals surface area contributed by atoms with Gasteiger partial charge in [-0.05, 0) is 42.3 Å². The number of pyridine rings is 1. The molecule has 1 aromatic carbocycles. The van der Waals surface area contributed by atoms with Crippen molar-refractivity contribution < 1.29 is 13.4 Å². The molecule has 3 rings (SSSR count). The van der Waals surface area contributed by atoms with Crippen LogP contribution in [0.1, 0.15) is 13.8 Å². The third-order valence-corrected chi connectivity index (χ3v) is 7.44. The Morgan fingerprint density at radius 3 is 2.34 bits per heavy atom. The minimum atomic E-state index is -4.09. The van der Waals surface area contributed by atoms with Crippen LogP contribution in [0.3, 0.4) is 0 Å². The molecule has 8 nitrogen and oxygen atoms in total. The van der Waals surface area contributed by atoms with E-state index in [1.165, 1.54) is 0 Å². The zero-order chi connectivity index (χ0) is 23.5. The highest BCUT2D eigenvalue weighted by Crippen LogP contribution is 2.35. The van der Waals surface area contributed by atoms with E-state index in [1.807, 2.05) is 12.1 Å². The van der Waals surface area contributed by atoms with Gasteiger partial charge in [0.1, 0.15) is 23.5 Å². The second kappa shape index (κ2) is 10.1. The Kier molecular flexibility index (Phi) is 7.66. The van der Waals surface area contributed by atoms with E-state index in [-0.39, 0.29) is 20.6 Å².